The first kappa shape index (κ1) is 16.6. The minimum absolute atomic E-state index is 0.222. The molecule has 1 aliphatic heterocycles. The summed E-state index contributed by atoms with van der Waals surface area (Å²) in [7, 11) is 1.53. The Bertz CT molecular complexity index is 1200. The van der Waals surface area contributed by atoms with Gasteiger partial charge in [-0.25, -0.2) is 4.98 Å². The Morgan fingerprint density at radius 2 is 2.19 bits per heavy atom. The summed E-state index contributed by atoms with van der Waals surface area (Å²) < 4.78 is 10.8. The number of methoxy groups -OCH3 is 1. The number of allylic oxidation sites excluding steroid dienone is 1. The Labute approximate surface area is 155 Å². The maximum absolute atomic E-state index is 12.4. The van der Waals surface area contributed by atoms with Crippen molar-refractivity contribution in [3.8, 4) is 17.6 Å². The molecule has 2 aromatic carbocycles. The van der Waals surface area contributed by atoms with Gasteiger partial charge in [0.25, 0.3) is 5.56 Å². The normalized spacial score (nSPS) is 13.3. The maximum atomic E-state index is 12.4. The highest BCUT2D eigenvalue weighted by Crippen LogP contribution is 2.27. The number of H-pyrrole nitrogens is 1. The minimum atomic E-state index is -0.325. The smallest absolute Gasteiger partial charge is 0.259 e. The van der Waals surface area contributed by atoms with Gasteiger partial charge in [0.15, 0.2) is 5.82 Å². The van der Waals surface area contributed by atoms with Crippen molar-refractivity contribution in [2.24, 2.45) is 0 Å². The fourth-order valence-corrected chi connectivity index (χ4v) is 2.93. The molecule has 0 aliphatic carbocycles. The average Bonchev–Trinajstić information content (AvgIpc) is 2.71. The van der Waals surface area contributed by atoms with Crippen LogP contribution in [0.5, 0.6) is 11.5 Å². The van der Waals surface area contributed by atoms with Crippen molar-refractivity contribution in [3.63, 3.8) is 0 Å². The number of nitrogens with zero attached hydrogens (tertiary/aromatic N) is 2. The molecule has 0 bridgehead atoms. The molecule has 0 spiro atoms. The van der Waals surface area contributed by atoms with Crippen LogP contribution in [0.4, 0.5) is 0 Å². The fourth-order valence-electron chi connectivity index (χ4n) is 2.93. The lowest BCUT2D eigenvalue weighted by Crippen LogP contribution is -2.12. The number of para-hydroxylation sites is 1. The number of hydrogen-bond donors (Lipinski definition) is 1. The summed E-state index contributed by atoms with van der Waals surface area (Å²) >= 11 is 0. The van der Waals surface area contributed by atoms with Crippen LogP contribution in [0.25, 0.3) is 22.6 Å². The van der Waals surface area contributed by atoms with E-state index in [9.17, 15) is 10.1 Å². The summed E-state index contributed by atoms with van der Waals surface area (Å²) in [5.41, 5.74) is 2.20. The summed E-state index contributed by atoms with van der Waals surface area (Å²) in [6, 6.07) is 14.8. The van der Waals surface area contributed by atoms with Gasteiger partial charge in [-0.1, -0.05) is 18.2 Å². The molecule has 1 N–H and O–H groups in total. The van der Waals surface area contributed by atoms with Crippen molar-refractivity contribution >= 4 is 22.6 Å². The summed E-state index contributed by atoms with van der Waals surface area (Å²) in [5.74, 6) is 1.60. The van der Waals surface area contributed by atoms with E-state index in [0.29, 0.717) is 23.3 Å². The third-order valence-corrected chi connectivity index (χ3v) is 4.27. The van der Waals surface area contributed by atoms with Crippen molar-refractivity contribution in [2.75, 3.05) is 13.7 Å². The Morgan fingerprint density at radius 1 is 1.33 bits per heavy atom. The largest absolute Gasteiger partial charge is 0.497 e. The van der Waals surface area contributed by atoms with Crippen molar-refractivity contribution in [1.29, 1.82) is 5.26 Å². The standard InChI is InChI=1S/C21H15N3O3/c1-26-16-6-7-18-17(10-16)21(25)24-20(23-18)15(11-22)9-13-8-14-4-2-3-5-19(14)27-12-13/h2-10H,12H2,1H3,(H,23,24,25). The molecule has 132 valence electrons. The molecular formula is C21H15N3O3. The van der Waals surface area contributed by atoms with Crippen LogP contribution in [-0.4, -0.2) is 23.7 Å². The first-order valence-electron chi connectivity index (χ1n) is 8.30. The zero-order valence-electron chi connectivity index (χ0n) is 14.5. The van der Waals surface area contributed by atoms with Crippen molar-refractivity contribution in [3.05, 3.63) is 75.9 Å². The molecule has 0 unspecified atom stereocenters. The number of benzene rings is 2. The molecule has 6 heteroatoms. The van der Waals surface area contributed by atoms with Crippen LogP contribution in [0.2, 0.25) is 0 Å². The Hall–Kier alpha value is -3.85. The first-order chi connectivity index (χ1) is 13.2. The lowest BCUT2D eigenvalue weighted by molar-refractivity contribution is 0.351. The topological polar surface area (TPSA) is 88.0 Å². The Kier molecular flexibility index (Phi) is 4.19. The van der Waals surface area contributed by atoms with Gasteiger partial charge in [-0.05, 0) is 42.0 Å². The molecule has 27 heavy (non-hydrogen) atoms. The second-order valence-corrected chi connectivity index (χ2v) is 6.01. The lowest BCUT2D eigenvalue weighted by Gasteiger charge is -2.16. The molecule has 0 fully saturated rings. The molecule has 3 aromatic rings. The minimum Gasteiger partial charge on any atom is -0.497 e. The van der Waals surface area contributed by atoms with Crippen LogP contribution in [0.15, 0.2) is 58.9 Å². The van der Waals surface area contributed by atoms with E-state index in [1.54, 1.807) is 24.3 Å². The Morgan fingerprint density at radius 3 is 3.00 bits per heavy atom. The summed E-state index contributed by atoms with van der Waals surface area (Å²) in [4.78, 5) is 19.5. The number of hydrogen-bond acceptors (Lipinski definition) is 5. The summed E-state index contributed by atoms with van der Waals surface area (Å²) in [6.07, 6.45) is 3.64. The monoisotopic (exact) mass is 357 g/mol. The van der Waals surface area contributed by atoms with Gasteiger partial charge >= 0.3 is 0 Å². The van der Waals surface area contributed by atoms with E-state index >= 15 is 0 Å². The second-order valence-electron chi connectivity index (χ2n) is 6.01. The van der Waals surface area contributed by atoms with Gasteiger partial charge in [0.2, 0.25) is 0 Å². The van der Waals surface area contributed by atoms with Gasteiger partial charge in [-0.15, -0.1) is 0 Å². The molecule has 2 heterocycles. The number of nitriles is 1. The van der Waals surface area contributed by atoms with Crippen LogP contribution in [0, 0.1) is 11.3 Å². The van der Waals surface area contributed by atoms with E-state index in [4.69, 9.17) is 9.47 Å². The van der Waals surface area contributed by atoms with Gasteiger partial charge in [0, 0.05) is 5.56 Å². The number of fused-ring (bicyclic) bond motifs is 2. The molecule has 0 saturated heterocycles. The van der Waals surface area contributed by atoms with Gasteiger partial charge in [-0.2, -0.15) is 5.26 Å². The van der Waals surface area contributed by atoms with Gasteiger partial charge in [-0.3, -0.25) is 4.79 Å². The SMILES string of the molecule is COc1ccc2nc(C(C#N)=CC3=Cc4ccccc4OC3)[nH]c(=O)c2c1. The molecule has 0 amide bonds. The van der Waals surface area contributed by atoms with Crippen molar-refractivity contribution in [1.82, 2.24) is 9.97 Å². The molecular weight excluding hydrogens is 342 g/mol. The molecule has 0 saturated carbocycles. The zero-order chi connectivity index (χ0) is 18.8. The third kappa shape index (κ3) is 3.18. The lowest BCUT2D eigenvalue weighted by atomic mass is 10.1. The van der Waals surface area contributed by atoms with E-state index < -0.39 is 0 Å². The van der Waals surface area contributed by atoms with E-state index in [-0.39, 0.29) is 17.0 Å². The molecule has 4 rings (SSSR count). The van der Waals surface area contributed by atoms with Crippen molar-refractivity contribution < 1.29 is 9.47 Å². The quantitative estimate of drug-likeness (QED) is 0.727. The van der Waals surface area contributed by atoms with Crippen LogP contribution in [0.3, 0.4) is 0 Å². The summed E-state index contributed by atoms with van der Waals surface area (Å²) in [6.45, 7) is 0.344. The molecule has 1 aliphatic rings. The maximum Gasteiger partial charge on any atom is 0.259 e. The Balaban J connectivity index is 1.77. The molecule has 1 aromatic heterocycles. The first-order valence-corrected chi connectivity index (χ1v) is 8.30. The highest BCUT2D eigenvalue weighted by atomic mass is 16.5. The van der Waals surface area contributed by atoms with Crippen LogP contribution < -0.4 is 15.0 Å². The number of aromatic nitrogens is 2. The number of rotatable bonds is 3. The van der Waals surface area contributed by atoms with E-state index in [1.165, 1.54) is 7.11 Å². The predicted molar refractivity (Wildman–Crippen MR) is 102 cm³/mol. The third-order valence-electron chi connectivity index (χ3n) is 4.27. The van der Waals surface area contributed by atoms with Crippen LogP contribution in [-0.2, 0) is 0 Å². The number of ether oxygens (including phenoxy) is 2. The summed E-state index contributed by atoms with van der Waals surface area (Å²) in [5, 5.41) is 9.99. The van der Waals surface area contributed by atoms with Crippen LogP contribution >= 0.6 is 0 Å². The fraction of sp³-hybridized carbons (Fsp3) is 0.0952. The van der Waals surface area contributed by atoms with Gasteiger partial charge in [0.05, 0.1) is 23.6 Å². The molecule has 0 atom stereocenters. The predicted octanol–water partition coefficient (Wildman–Crippen LogP) is 3.31. The zero-order valence-corrected chi connectivity index (χ0v) is 14.5. The number of aromatic amines is 1. The van der Waals surface area contributed by atoms with E-state index in [0.717, 1.165) is 16.9 Å². The molecule has 0 radical (unpaired) electrons. The highest BCUT2D eigenvalue weighted by molar-refractivity contribution is 5.83. The average molecular weight is 357 g/mol. The van der Waals surface area contributed by atoms with Gasteiger partial charge < -0.3 is 14.5 Å². The van der Waals surface area contributed by atoms with Crippen molar-refractivity contribution in [2.45, 2.75) is 0 Å². The molecule has 6 nitrogen and oxygen atoms in total. The van der Waals surface area contributed by atoms with Gasteiger partial charge in [0.1, 0.15) is 24.2 Å². The van der Waals surface area contributed by atoms with Crippen LogP contribution in [0.1, 0.15) is 11.4 Å². The highest BCUT2D eigenvalue weighted by Gasteiger charge is 2.13. The number of nitrogens with one attached hydrogen (secondary N) is 1. The van der Waals surface area contributed by atoms with E-state index in [2.05, 4.69) is 16.0 Å². The van der Waals surface area contributed by atoms with E-state index in [1.807, 2.05) is 30.3 Å². The second kappa shape index (κ2) is 6.81.